The van der Waals surface area contributed by atoms with E-state index in [9.17, 15) is 4.79 Å². The molecule has 1 fully saturated rings. The number of carbonyl (C=O) groups excluding carboxylic acids is 1. The van der Waals surface area contributed by atoms with E-state index in [0.717, 1.165) is 13.0 Å². The molecule has 1 aliphatic heterocycles. The van der Waals surface area contributed by atoms with Crippen LogP contribution in [0, 0.1) is 0 Å². The second-order valence-electron chi connectivity index (χ2n) is 6.37. The van der Waals surface area contributed by atoms with E-state index in [4.69, 9.17) is 4.74 Å². The number of benzene rings is 1. The number of ether oxygens (including phenoxy) is 1. The zero-order chi connectivity index (χ0) is 14.0. The maximum atomic E-state index is 11.9. The van der Waals surface area contributed by atoms with Gasteiger partial charge < -0.3 is 10.1 Å². The van der Waals surface area contributed by atoms with Crippen molar-refractivity contribution in [1.82, 2.24) is 5.32 Å². The highest BCUT2D eigenvalue weighted by Gasteiger charge is 2.23. The quantitative estimate of drug-likeness (QED) is 0.831. The highest BCUT2D eigenvalue weighted by molar-refractivity contribution is 5.89. The van der Waals surface area contributed by atoms with Crippen LogP contribution in [0.25, 0.3) is 0 Å². The first-order valence-electron chi connectivity index (χ1n) is 6.92. The Bertz CT molecular complexity index is 445. The van der Waals surface area contributed by atoms with E-state index in [1.807, 2.05) is 45.0 Å². The van der Waals surface area contributed by atoms with Crippen LogP contribution in [0.2, 0.25) is 0 Å². The third kappa shape index (κ3) is 3.80. The van der Waals surface area contributed by atoms with E-state index in [2.05, 4.69) is 12.2 Å². The van der Waals surface area contributed by atoms with E-state index in [0.29, 0.717) is 17.5 Å². The van der Waals surface area contributed by atoms with Gasteiger partial charge in [-0.05, 0) is 57.7 Å². The van der Waals surface area contributed by atoms with Gasteiger partial charge in [0.1, 0.15) is 5.60 Å². The van der Waals surface area contributed by atoms with Gasteiger partial charge in [-0.2, -0.15) is 0 Å². The van der Waals surface area contributed by atoms with Crippen LogP contribution in [0.5, 0.6) is 0 Å². The van der Waals surface area contributed by atoms with Crippen molar-refractivity contribution in [3.8, 4) is 0 Å². The third-order valence-electron chi connectivity index (χ3n) is 3.37. The molecule has 0 radical (unpaired) electrons. The second-order valence-corrected chi connectivity index (χ2v) is 6.37. The fourth-order valence-corrected chi connectivity index (χ4v) is 2.42. The second kappa shape index (κ2) is 5.33. The molecule has 3 heteroatoms. The lowest BCUT2D eigenvalue weighted by atomic mass is 9.96. The van der Waals surface area contributed by atoms with Crippen molar-refractivity contribution in [2.45, 2.75) is 51.7 Å². The molecule has 1 saturated heterocycles. The number of hydrogen-bond acceptors (Lipinski definition) is 3. The summed E-state index contributed by atoms with van der Waals surface area (Å²) in [7, 11) is 0. The van der Waals surface area contributed by atoms with Crippen LogP contribution in [0.3, 0.4) is 0 Å². The summed E-state index contributed by atoms with van der Waals surface area (Å²) in [6.07, 6.45) is 1.16. The van der Waals surface area contributed by atoms with Gasteiger partial charge in [-0.3, -0.25) is 0 Å². The van der Waals surface area contributed by atoms with Gasteiger partial charge in [-0.1, -0.05) is 12.1 Å². The molecule has 1 heterocycles. The Balaban J connectivity index is 2.04. The van der Waals surface area contributed by atoms with Gasteiger partial charge in [0.2, 0.25) is 0 Å². The molecule has 0 amide bonds. The molecule has 0 aromatic heterocycles. The molecule has 0 spiro atoms. The molecule has 1 aromatic rings. The van der Waals surface area contributed by atoms with Crippen LogP contribution in [-0.4, -0.2) is 24.2 Å². The average molecular weight is 261 g/mol. The molecule has 0 unspecified atom stereocenters. The molecule has 1 aromatic carbocycles. The Hall–Kier alpha value is -1.35. The number of rotatable bonds is 2. The fourth-order valence-electron chi connectivity index (χ4n) is 2.42. The molecule has 2 rings (SSSR count). The van der Waals surface area contributed by atoms with E-state index in [1.54, 1.807) is 0 Å². The standard InChI is InChI=1S/C16H23NO2/c1-11-9-14(10-17-11)12-5-7-13(8-6-12)15(18)19-16(2,3)4/h5-8,11,14,17H,9-10H2,1-4H3/t11-,14+/m1/s1. The first kappa shape index (κ1) is 14.1. The monoisotopic (exact) mass is 261 g/mol. The molecule has 1 aliphatic rings. The smallest absolute Gasteiger partial charge is 0.338 e. The summed E-state index contributed by atoms with van der Waals surface area (Å²) in [6, 6.07) is 8.40. The lowest BCUT2D eigenvalue weighted by Crippen LogP contribution is -2.23. The summed E-state index contributed by atoms with van der Waals surface area (Å²) in [4.78, 5) is 11.9. The first-order chi connectivity index (χ1) is 8.85. The van der Waals surface area contributed by atoms with Gasteiger partial charge in [-0.15, -0.1) is 0 Å². The minimum Gasteiger partial charge on any atom is -0.456 e. The van der Waals surface area contributed by atoms with Crippen molar-refractivity contribution in [1.29, 1.82) is 0 Å². The minimum absolute atomic E-state index is 0.253. The summed E-state index contributed by atoms with van der Waals surface area (Å²) < 4.78 is 5.35. The molecular formula is C16H23NO2. The molecule has 19 heavy (non-hydrogen) atoms. The molecule has 1 N–H and O–H groups in total. The van der Waals surface area contributed by atoms with Gasteiger partial charge in [0.15, 0.2) is 0 Å². The molecule has 0 aliphatic carbocycles. The van der Waals surface area contributed by atoms with Crippen molar-refractivity contribution >= 4 is 5.97 Å². The first-order valence-corrected chi connectivity index (χ1v) is 6.92. The lowest BCUT2D eigenvalue weighted by Gasteiger charge is -2.19. The third-order valence-corrected chi connectivity index (χ3v) is 3.37. The largest absolute Gasteiger partial charge is 0.456 e. The Morgan fingerprint density at radius 3 is 2.37 bits per heavy atom. The van der Waals surface area contributed by atoms with E-state index in [-0.39, 0.29) is 5.97 Å². The molecule has 0 saturated carbocycles. The van der Waals surface area contributed by atoms with Crippen LogP contribution >= 0.6 is 0 Å². The summed E-state index contributed by atoms with van der Waals surface area (Å²) in [6.45, 7) is 8.86. The zero-order valence-corrected chi connectivity index (χ0v) is 12.2. The maximum absolute atomic E-state index is 11.9. The van der Waals surface area contributed by atoms with Crippen LogP contribution in [0.15, 0.2) is 24.3 Å². The number of carbonyl (C=O) groups is 1. The van der Waals surface area contributed by atoms with E-state index < -0.39 is 5.60 Å². The predicted molar refractivity (Wildman–Crippen MR) is 76.4 cm³/mol. The van der Waals surface area contributed by atoms with Gasteiger partial charge in [0.25, 0.3) is 0 Å². The Morgan fingerprint density at radius 1 is 1.26 bits per heavy atom. The summed E-state index contributed by atoms with van der Waals surface area (Å²) in [5, 5.41) is 3.44. The molecule has 0 bridgehead atoms. The van der Waals surface area contributed by atoms with Crippen molar-refractivity contribution in [2.75, 3.05) is 6.54 Å². The number of esters is 1. The predicted octanol–water partition coefficient (Wildman–Crippen LogP) is 3.11. The number of hydrogen-bond donors (Lipinski definition) is 1. The van der Waals surface area contributed by atoms with Crippen molar-refractivity contribution in [3.05, 3.63) is 35.4 Å². The Kier molecular flexibility index (Phi) is 3.95. The Morgan fingerprint density at radius 2 is 1.89 bits per heavy atom. The highest BCUT2D eigenvalue weighted by Crippen LogP contribution is 2.26. The fraction of sp³-hybridized carbons (Fsp3) is 0.562. The van der Waals surface area contributed by atoms with Crippen molar-refractivity contribution < 1.29 is 9.53 Å². The maximum Gasteiger partial charge on any atom is 0.338 e. The normalized spacial score (nSPS) is 23.4. The van der Waals surface area contributed by atoms with Crippen LogP contribution in [-0.2, 0) is 4.74 Å². The minimum atomic E-state index is -0.444. The van der Waals surface area contributed by atoms with Gasteiger partial charge in [0.05, 0.1) is 5.56 Å². The average Bonchev–Trinajstić information content (AvgIpc) is 2.74. The van der Waals surface area contributed by atoms with Gasteiger partial charge in [-0.25, -0.2) is 4.79 Å². The van der Waals surface area contributed by atoms with Crippen LogP contribution in [0.4, 0.5) is 0 Å². The van der Waals surface area contributed by atoms with Crippen molar-refractivity contribution in [2.24, 2.45) is 0 Å². The van der Waals surface area contributed by atoms with Gasteiger partial charge in [0, 0.05) is 12.6 Å². The molecule has 3 nitrogen and oxygen atoms in total. The molecule has 2 atom stereocenters. The Labute approximate surface area is 115 Å². The highest BCUT2D eigenvalue weighted by atomic mass is 16.6. The molecular weight excluding hydrogens is 238 g/mol. The summed E-state index contributed by atoms with van der Waals surface area (Å²) in [5.74, 6) is 0.305. The van der Waals surface area contributed by atoms with E-state index in [1.165, 1.54) is 5.56 Å². The van der Waals surface area contributed by atoms with E-state index >= 15 is 0 Å². The van der Waals surface area contributed by atoms with Crippen molar-refractivity contribution in [3.63, 3.8) is 0 Å². The lowest BCUT2D eigenvalue weighted by molar-refractivity contribution is 0.00695. The summed E-state index contributed by atoms with van der Waals surface area (Å²) >= 11 is 0. The van der Waals surface area contributed by atoms with Crippen LogP contribution in [0.1, 0.15) is 56.0 Å². The topological polar surface area (TPSA) is 38.3 Å². The zero-order valence-electron chi connectivity index (χ0n) is 12.2. The SMILES string of the molecule is C[C@@H]1C[C@H](c2ccc(C(=O)OC(C)(C)C)cc2)CN1. The summed E-state index contributed by atoms with van der Waals surface area (Å²) in [5.41, 5.74) is 1.47. The number of nitrogens with one attached hydrogen (secondary N) is 1. The van der Waals surface area contributed by atoms with Gasteiger partial charge >= 0.3 is 5.97 Å². The van der Waals surface area contributed by atoms with Crippen LogP contribution < -0.4 is 5.32 Å². The molecule has 104 valence electrons.